The minimum Gasteiger partial charge on any atom is -0.467 e. The predicted molar refractivity (Wildman–Crippen MR) is 135 cm³/mol. The van der Waals surface area contributed by atoms with Gasteiger partial charge in [0.05, 0.1) is 19.6 Å². The number of aliphatic hydroxyl groups excluding tert-OH is 1. The Bertz CT molecular complexity index is 936. The number of aliphatic hydroxyl groups is 1. The van der Waals surface area contributed by atoms with Gasteiger partial charge in [-0.25, -0.2) is 4.79 Å². The van der Waals surface area contributed by atoms with Crippen molar-refractivity contribution in [3.63, 3.8) is 0 Å². The molecule has 0 radical (unpaired) electrons. The lowest BCUT2D eigenvalue weighted by Gasteiger charge is -2.22. The Morgan fingerprint density at radius 3 is 2.67 bits per heavy atom. The molecule has 1 fully saturated rings. The zero-order valence-corrected chi connectivity index (χ0v) is 21.1. The van der Waals surface area contributed by atoms with E-state index in [1.807, 2.05) is 12.2 Å². The van der Waals surface area contributed by atoms with Crippen LogP contribution < -0.4 is 10.6 Å². The molecule has 0 unspecified atom stereocenters. The first-order valence-corrected chi connectivity index (χ1v) is 12.8. The van der Waals surface area contributed by atoms with Crippen molar-refractivity contribution < 1.29 is 29.0 Å². The third-order valence-corrected chi connectivity index (χ3v) is 7.52. The van der Waals surface area contributed by atoms with Crippen molar-refractivity contribution in [2.75, 3.05) is 13.7 Å². The van der Waals surface area contributed by atoms with Gasteiger partial charge in [-0.05, 0) is 55.3 Å². The number of ether oxygens (including phenoxy) is 1. The summed E-state index contributed by atoms with van der Waals surface area (Å²) in [5.41, 5.74) is 0. The molecule has 0 aromatic heterocycles. The minimum atomic E-state index is -1.32. The largest absolute Gasteiger partial charge is 0.467 e. The number of carbonyl (C=O) groups is 4. The molecule has 8 nitrogen and oxygen atoms in total. The van der Waals surface area contributed by atoms with E-state index in [2.05, 4.69) is 46.6 Å². The van der Waals surface area contributed by atoms with E-state index in [1.165, 1.54) is 6.08 Å². The average Bonchev–Trinajstić information content (AvgIpc) is 3.37. The number of ketones is 1. The van der Waals surface area contributed by atoms with Crippen molar-refractivity contribution in [2.24, 2.45) is 29.6 Å². The summed E-state index contributed by atoms with van der Waals surface area (Å²) >= 11 is 0. The zero-order chi connectivity index (χ0) is 26.1. The second kappa shape index (κ2) is 13.3. The number of allylic oxidation sites excluding steroid dienone is 7. The molecule has 3 rings (SSSR count). The Kier molecular flexibility index (Phi) is 10.2. The molecule has 3 aliphatic rings. The highest BCUT2D eigenvalue weighted by Crippen LogP contribution is 2.51. The van der Waals surface area contributed by atoms with Gasteiger partial charge >= 0.3 is 5.97 Å². The summed E-state index contributed by atoms with van der Waals surface area (Å²) in [6.07, 6.45) is 17.2. The number of rotatable bonds is 1. The fourth-order valence-corrected chi connectivity index (χ4v) is 5.57. The summed E-state index contributed by atoms with van der Waals surface area (Å²) in [6.45, 7) is 2.36. The van der Waals surface area contributed by atoms with E-state index in [0.29, 0.717) is 36.0 Å². The topological polar surface area (TPSA) is 122 Å². The molecular weight excluding hydrogens is 460 g/mol. The Hall–Kier alpha value is -3.00. The number of Topliss-reactive ketones (excluding diaryl/α,β-unsaturated/α-hetero) is 1. The molecule has 2 aliphatic carbocycles. The summed E-state index contributed by atoms with van der Waals surface area (Å²) in [4.78, 5) is 48.9. The van der Waals surface area contributed by atoms with Crippen LogP contribution >= 0.6 is 0 Å². The Labute approximate surface area is 212 Å². The maximum atomic E-state index is 12.4. The number of amides is 2. The number of nitrogens with one attached hydrogen (secondary N) is 2. The highest BCUT2D eigenvalue weighted by Gasteiger charge is 2.44. The normalized spacial score (nSPS) is 37.0. The van der Waals surface area contributed by atoms with Crippen LogP contribution in [0.4, 0.5) is 0 Å². The van der Waals surface area contributed by atoms with Gasteiger partial charge in [0.2, 0.25) is 11.8 Å². The van der Waals surface area contributed by atoms with Crippen molar-refractivity contribution in [2.45, 2.75) is 57.6 Å². The van der Waals surface area contributed by atoms with Gasteiger partial charge in [-0.3, -0.25) is 14.4 Å². The molecule has 0 aromatic carbocycles. The Morgan fingerprint density at radius 2 is 1.89 bits per heavy atom. The van der Waals surface area contributed by atoms with Gasteiger partial charge in [0.1, 0.15) is 5.78 Å². The molecule has 0 saturated heterocycles. The number of hydrogen-bond acceptors (Lipinski definition) is 6. The molecule has 0 aromatic rings. The lowest BCUT2D eigenvalue weighted by atomic mass is 9.85. The van der Waals surface area contributed by atoms with E-state index < -0.39 is 24.0 Å². The predicted octanol–water partition coefficient (Wildman–Crippen LogP) is 2.40. The molecule has 196 valence electrons. The zero-order valence-electron chi connectivity index (χ0n) is 21.1. The van der Waals surface area contributed by atoms with Crippen molar-refractivity contribution in [1.82, 2.24) is 10.6 Å². The van der Waals surface area contributed by atoms with Crippen LogP contribution in [0.1, 0.15) is 45.4 Å². The van der Waals surface area contributed by atoms with E-state index in [9.17, 15) is 24.3 Å². The highest BCUT2D eigenvalue weighted by atomic mass is 16.5. The van der Waals surface area contributed by atoms with Crippen LogP contribution in [0.2, 0.25) is 0 Å². The van der Waals surface area contributed by atoms with Crippen LogP contribution in [0, 0.1) is 29.6 Å². The van der Waals surface area contributed by atoms with E-state index in [-0.39, 0.29) is 37.5 Å². The maximum absolute atomic E-state index is 12.4. The Balaban J connectivity index is 1.71. The number of esters is 1. The highest BCUT2D eigenvalue weighted by molar-refractivity contribution is 5.99. The van der Waals surface area contributed by atoms with Crippen LogP contribution in [0.5, 0.6) is 0 Å². The van der Waals surface area contributed by atoms with Crippen molar-refractivity contribution in [3.8, 4) is 0 Å². The number of hydrogen-bond donors (Lipinski definition) is 3. The first-order chi connectivity index (χ1) is 17.3. The summed E-state index contributed by atoms with van der Waals surface area (Å²) in [5.74, 6) is 0.593. The number of carbonyl (C=O) groups excluding carboxylic acids is 4. The third-order valence-electron chi connectivity index (χ3n) is 7.52. The molecule has 3 N–H and O–H groups in total. The van der Waals surface area contributed by atoms with Crippen LogP contribution in [0.3, 0.4) is 0 Å². The second-order valence-electron chi connectivity index (χ2n) is 9.97. The van der Waals surface area contributed by atoms with Crippen LogP contribution in [0.15, 0.2) is 48.6 Å². The first kappa shape index (κ1) is 27.6. The summed E-state index contributed by atoms with van der Waals surface area (Å²) in [5, 5.41) is 15.5. The average molecular weight is 499 g/mol. The Morgan fingerprint density at radius 1 is 1.08 bits per heavy atom. The number of methoxy groups -OCH3 is 1. The number of fused-ring (bicyclic) bond motifs is 3. The van der Waals surface area contributed by atoms with Gasteiger partial charge in [0, 0.05) is 19.0 Å². The summed E-state index contributed by atoms with van der Waals surface area (Å²) < 4.78 is 4.68. The fourth-order valence-electron chi connectivity index (χ4n) is 5.57. The molecule has 1 aliphatic heterocycles. The molecule has 1 heterocycles. The van der Waals surface area contributed by atoms with E-state index >= 15 is 0 Å². The smallest absolute Gasteiger partial charge is 0.331 e. The third kappa shape index (κ3) is 7.50. The van der Waals surface area contributed by atoms with Crippen LogP contribution in [0.25, 0.3) is 0 Å². The maximum Gasteiger partial charge on any atom is 0.331 e. The molecule has 7 atom stereocenters. The standard InChI is InChI=1S/C28H38N2O6/c1-18-12-13-22-21-10-4-3-5-11-25(33)29-15-14-24(32)27(28(35)36-2)30-26(34)17-20(31)9-7-6-8-19(21)16-23(18)22/h3-6,8,11-13,18-19,21-24,27,32H,7,9-10,14-17H2,1-2H3,(H,29,33)(H,30,34)/b4-3-,8-6+,11-5+/t18-,19+,21-,22+,23+,24-,27-/m0/s1. The molecule has 1 saturated carbocycles. The van der Waals surface area contributed by atoms with E-state index in [1.54, 1.807) is 6.08 Å². The molecule has 8 heteroatoms. The van der Waals surface area contributed by atoms with E-state index in [0.717, 1.165) is 20.0 Å². The van der Waals surface area contributed by atoms with Gasteiger partial charge < -0.3 is 20.5 Å². The lowest BCUT2D eigenvalue weighted by molar-refractivity contribution is -0.149. The van der Waals surface area contributed by atoms with Gasteiger partial charge in [0.15, 0.2) is 6.04 Å². The molecule has 0 bridgehead atoms. The lowest BCUT2D eigenvalue weighted by Crippen LogP contribution is -2.50. The minimum absolute atomic E-state index is 0.0196. The summed E-state index contributed by atoms with van der Waals surface area (Å²) in [6, 6.07) is -1.32. The summed E-state index contributed by atoms with van der Waals surface area (Å²) in [7, 11) is 1.15. The second-order valence-corrected chi connectivity index (χ2v) is 9.97. The molecule has 2 amide bonds. The first-order valence-electron chi connectivity index (χ1n) is 12.8. The van der Waals surface area contributed by atoms with Crippen molar-refractivity contribution in [1.29, 1.82) is 0 Å². The molecular formula is C28H38N2O6. The molecule has 0 spiro atoms. The SMILES string of the molecule is COC(=O)[C@H]1NC(=O)CC(=O)CC/C=C/[C@@H]2C[C@H]3[C@H](C=C[C@@H]3C)[C@H]2C/C=C\C=C\C(=O)NCC[C@@H]1O. The van der Waals surface area contributed by atoms with Gasteiger partial charge in [-0.1, -0.05) is 49.5 Å². The monoisotopic (exact) mass is 498 g/mol. The quantitative estimate of drug-likeness (QED) is 0.290. The van der Waals surface area contributed by atoms with Gasteiger partial charge in [0.25, 0.3) is 0 Å². The molecule has 36 heavy (non-hydrogen) atoms. The van der Waals surface area contributed by atoms with Crippen molar-refractivity contribution >= 4 is 23.6 Å². The van der Waals surface area contributed by atoms with Crippen LogP contribution in [-0.2, 0) is 23.9 Å². The van der Waals surface area contributed by atoms with Gasteiger partial charge in [-0.2, -0.15) is 0 Å². The van der Waals surface area contributed by atoms with Crippen molar-refractivity contribution in [3.05, 3.63) is 48.6 Å². The van der Waals surface area contributed by atoms with Gasteiger partial charge in [-0.15, -0.1) is 0 Å². The van der Waals surface area contributed by atoms with E-state index in [4.69, 9.17) is 0 Å². The fraction of sp³-hybridized carbons (Fsp3) is 0.571. The van der Waals surface area contributed by atoms with Crippen LogP contribution in [-0.4, -0.2) is 54.5 Å².